The van der Waals surface area contributed by atoms with Gasteiger partial charge < -0.3 is 10.1 Å². The van der Waals surface area contributed by atoms with Gasteiger partial charge in [-0.3, -0.25) is 14.5 Å². The standard InChI is InChI=1S/C25H27N3O4S2/c1-13-6-9-20(14(2)10-13)28(17(5)29)25-26-19(12-33-25)11-32-24(31)21-15(3)16(4)34-23(21)27-22(30)18-7-8-18/h6,9-10,12,18H,7-8,11H2,1-5H3,(H,27,30). The predicted octanol–water partition coefficient (Wildman–Crippen LogP) is 5.83. The van der Waals surface area contributed by atoms with E-state index in [1.165, 1.54) is 29.6 Å². The van der Waals surface area contributed by atoms with Crippen molar-refractivity contribution in [2.45, 2.75) is 54.1 Å². The maximum Gasteiger partial charge on any atom is 0.341 e. The number of ether oxygens (including phenoxy) is 1. The van der Waals surface area contributed by atoms with Crippen molar-refractivity contribution in [1.82, 2.24) is 4.98 Å². The number of hydrogen-bond donors (Lipinski definition) is 1. The molecule has 3 aromatic rings. The Bertz CT molecular complexity index is 1270. The van der Waals surface area contributed by atoms with Gasteiger partial charge in [0, 0.05) is 23.1 Å². The average Bonchev–Trinajstić information content (AvgIpc) is 3.46. The number of rotatable bonds is 7. The van der Waals surface area contributed by atoms with Crippen molar-refractivity contribution in [1.29, 1.82) is 0 Å². The molecule has 2 heterocycles. The second-order valence-corrected chi connectivity index (χ2v) is 10.7. The lowest BCUT2D eigenvalue weighted by atomic mass is 10.1. The molecule has 178 valence electrons. The quantitative estimate of drug-likeness (QED) is 0.415. The summed E-state index contributed by atoms with van der Waals surface area (Å²) in [5.41, 5.74) is 4.62. The lowest BCUT2D eigenvalue weighted by Gasteiger charge is -2.20. The van der Waals surface area contributed by atoms with Crippen LogP contribution >= 0.6 is 22.7 Å². The lowest BCUT2D eigenvalue weighted by molar-refractivity contribution is -0.117. The molecule has 1 saturated carbocycles. The first-order valence-electron chi connectivity index (χ1n) is 11.1. The number of benzene rings is 1. The molecule has 7 nitrogen and oxygen atoms in total. The maximum atomic E-state index is 12.9. The molecule has 4 rings (SSSR count). The highest BCUT2D eigenvalue weighted by Gasteiger charge is 2.32. The van der Waals surface area contributed by atoms with Crippen molar-refractivity contribution in [2.75, 3.05) is 10.2 Å². The molecule has 1 fully saturated rings. The third-order valence-corrected chi connectivity index (χ3v) is 7.76. The van der Waals surface area contributed by atoms with Gasteiger partial charge in [0.2, 0.25) is 11.8 Å². The topological polar surface area (TPSA) is 88.6 Å². The van der Waals surface area contributed by atoms with Gasteiger partial charge in [0.25, 0.3) is 0 Å². The Balaban J connectivity index is 1.49. The van der Waals surface area contributed by atoms with Crippen LogP contribution in [0.5, 0.6) is 0 Å². The number of nitrogens with zero attached hydrogens (tertiary/aromatic N) is 2. The smallest absolute Gasteiger partial charge is 0.341 e. The number of esters is 1. The first-order valence-corrected chi connectivity index (χ1v) is 12.8. The molecule has 0 aliphatic heterocycles. The second-order valence-electron chi connectivity index (χ2n) is 8.59. The minimum Gasteiger partial charge on any atom is -0.455 e. The molecule has 0 atom stereocenters. The highest BCUT2D eigenvalue weighted by molar-refractivity contribution is 7.16. The predicted molar refractivity (Wildman–Crippen MR) is 135 cm³/mol. The van der Waals surface area contributed by atoms with Gasteiger partial charge in [0.1, 0.15) is 11.6 Å². The number of hydrogen-bond acceptors (Lipinski definition) is 7. The van der Waals surface area contributed by atoms with E-state index in [1.54, 1.807) is 10.3 Å². The first kappa shape index (κ1) is 24.1. The second kappa shape index (κ2) is 9.68. The lowest BCUT2D eigenvalue weighted by Crippen LogP contribution is -2.23. The summed E-state index contributed by atoms with van der Waals surface area (Å²) in [4.78, 5) is 44.7. The fourth-order valence-corrected chi connectivity index (χ4v) is 5.58. The van der Waals surface area contributed by atoms with Gasteiger partial charge in [0.05, 0.1) is 16.9 Å². The minimum atomic E-state index is -0.500. The zero-order valence-electron chi connectivity index (χ0n) is 19.9. The Kier molecular flexibility index (Phi) is 6.86. The molecule has 2 aromatic heterocycles. The Labute approximate surface area is 206 Å². The van der Waals surface area contributed by atoms with E-state index in [0.29, 0.717) is 21.4 Å². The number of aromatic nitrogens is 1. The number of nitrogens with one attached hydrogen (secondary N) is 1. The first-order chi connectivity index (χ1) is 16.2. The highest BCUT2D eigenvalue weighted by Crippen LogP contribution is 2.37. The molecule has 1 aromatic carbocycles. The van der Waals surface area contributed by atoms with E-state index in [2.05, 4.69) is 10.3 Å². The van der Waals surface area contributed by atoms with E-state index in [-0.39, 0.29) is 24.3 Å². The highest BCUT2D eigenvalue weighted by atomic mass is 32.1. The molecule has 0 spiro atoms. The van der Waals surface area contributed by atoms with Gasteiger partial charge >= 0.3 is 5.97 Å². The van der Waals surface area contributed by atoms with E-state index >= 15 is 0 Å². The number of thiophene rings is 1. The van der Waals surface area contributed by atoms with Gasteiger partial charge in [-0.05, 0) is 57.7 Å². The van der Waals surface area contributed by atoms with Gasteiger partial charge in [-0.15, -0.1) is 22.7 Å². The molecule has 34 heavy (non-hydrogen) atoms. The molecule has 0 saturated heterocycles. The van der Waals surface area contributed by atoms with Crippen LogP contribution in [0.2, 0.25) is 0 Å². The summed E-state index contributed by atoms with van der Waals surface area (Å²) in [6.07, 6.45) is 1.78. The molecule has 1 N–H and O–H groups in total. The number of carbonyl (C=O) groups is 3. The number of thiazole rings is 1. The fourth-order valence-electron chi connectivity index (χ4n) is 3.66. The minimum absolute atomic E-state index is 0.0295. The molecule has 0 radical (unpaired) electrons. The zero-order chi connectivity index (χ0) is 24.6. The average molecular weight is 498 g/mol. The summed E-state index contributed by atoms with van der Waals surface area (Å²) >= 11 is 2.70. The third-order valence-electron chi connectivity index (χ3n) is 5.76. The molecule has 2 amide bonds. The van der Waals surface area contributed by atoms with Crippen LogP contribution in [0.1, 0.15) is 57.4 Å². The summed E-state index contributed by atoms with van der Waals surface area (Å²) in [5, 5.41) is 5.73. The molecule has 1 aliphatic carbocycles. The Morgan fingerprint density at radius 1 is 1.18 bits per heavy atom. The SMILES string of the molecule is CC(=O)N(c1nc(COC(=O)c2c(NC(=O)C3CC3)sc(C)c2C)cs1)c1ccc(C)cc1C. The molecular formula is C25H27N3O4S2. The third kappa shape index (κ3) is 5.05. The van der Waals surface area contributed by atoms with E-state index in [0.717, 1.165) is 40.1 Å². The van der Waals surface area contributed by atoms with Crippen LogP contribution in [0.4, 0.5) is 15.8 Å². The summed E-state index contributed by atoms with van der Waals surface area (Å²) in [5.74, 6) is -0.651. The molecule has 9 heteroatoms. The van der Waals surface area contributed by atoms with Gasteiger partial charge in [0.15, 0.2) is 5.13 Å². The van der Waals surface area contributed by atoms with Crippen LogP contribution in [0, 0.1) is 33.6 Å². The zero-order valence-corrected chi connectivity index (χ0v) is 21.5. The monoisotopic (exact) mass is 497 g/mol. The molecule has 0 bridgehead atoms. The van der Waals surface area contributed by atoms with Gasteiger partial charge in [-0.2, -0.15) is 0 Å². The van der Waals surface area contributed by atoms with Gasteiger partial charge in [-0.1, -0.05) is 17.7 Å². The van der Waals surface area contributed by atoms with Crippen molar-refractivity contribution in [3.63, 3.8) is 0 Å². The van der Waals surface area contributed by atoms with Crippen LogP contribution < -0.4 is 10.2 Å². The summed E-state index contributed by atoms with van der Waals surface area (Å²) < 4.78 is 5.56. The van der Waals surface area contributed by atoms with Crippen molar-refractivity contribution in [2.24, 2.45) is 5.92 Å². The number of anilines is 3. The van der Waals surface area contributed by atoms with Crippen LogP contribution in [0.25, 0.3) is 0 Å². The number of aryl methyl sites for hydroxylation is 3. The van der Waals surface area contributed by atoms with E-state index in [9.17, 15) is 14.4 Å². The molecular weight excluding hydrogens is 470 g/mol. The van der Waals surface area contributed by atoms with E-state index < -0.39 is 5.97 Å². The number of carbonyl (C=O) groups excluding carboxylic acids is 3. The van der Waals surface area contributed by atoms with Crippen LogP contribution in [0.3, 0.4) is 0 Å². The molecule has 0 unspecified atom stereocenters. The largest absolute Gasteiger partial charge is 0.455 e. The van der Waals surface area contributed by atoms with Crippen LogP contribution in [-0.2, 0) is 20.9 Å². The Hall–Kier alpha value is -3.04. The molecule has 1 aliphatic rings. The number of amides is 2. The Morgan fingerprint density at radius 2 is 1.91 bits per heavy atom. The summed E-state index contributed by atoms with van der Waals surface area (Å²) in [6, 6.07) is 5.89. The summed E-state index contributed by atoms with van der Waals surface area (Å²) in [7, 11) is 0. The summed E-state index contributed by atoms with van der Waals surface area (Å²) in [6.45, 7) is 9.20. The van der Waals surface area contributed by atoms with Gasteiger partial charge in [-0.25, -0.2) is 9.78 Å². The van der Waals surface area contributed by atoms with E-state index in [1.807, 2.05) is 45.9 Å². The van der Waals surface area contributed by atoms with Crippen LogP contribution in [-0.4, -0.2) is 22.8 Å². The normalized spacial score (nSPS) is 13.0. The fraction of sp³-hybridized carbons (Fsp3) is 0.360. The van der Waals surface area contributed by atoms with Crippen molar-refractivity contribution in [3.8, 4) is 0 Å². The van der Waals surface area contributed by atoms with Crippen molar-refractivity contribution < 1.29 is 19.1 Å². The maximum absolute atomic E-state index is 12.9. The van der Waals surface area contributed by atoms with Crippen molar-refractivity contribution in [3.05, 3.63) is 56.4 Å². The van der Waals surface area contributed by atoms with Crippen LogP contribution in [0.15, 0.2) is 23.6 Å². The van der Waals surface area contributed by atoms with Crippen molar-refractivity contribution >= 4 is 56.3 Å². The Morgan fingerprint density at radius 3 is 2.56 bits per heavy atom. The van der Waals surface area contributed by atoms with E-state index in [4.69, 9.17) is 4.74 Å².